The van der Waals surface area contributed by atoms with E-state index >= 15 is 0 Å². The van der Waals surface area contributed by atoms with Crippen LogP contribution in [0.25, 0.3) is 0 Å². The summed E-state index contributed by atoms with van der Waals surface area (Å²) < 4.78 is 17.0. The lowest BCUT2D eigenvalue weighted by molar-refractivity contribution is -0.167. The predicted molar refractivity (Wildman–Crippen MR) is 343 cm³/mol. The van der Waals surface area contributed by atoms with Crippen molar-refractivity contribution in [1.82, 2.24) is 0 Å². The molecule has 0 aromatic rings. The van der Waals surface area contributed by atoms with Crippen LogP contribution in [0.15, 0.2) is 109 Å². The van der Waals surface area contributed by atoms with Crippen LogP contribution >= 0.6 is 0 Å². The molecule has 0 heterocycles. The molecule has 0 N–H and O–H groups in total. The number of carbonyl (C=O) groups excluding carboxylic acids is 3. The van der Waals surface area contributed by atoms with Crippen LogP contribution in [0.5, 0.6) is 0 Å². The molecule has 0 aliphatic rings. The van der Waals surface area contributed by atoms with Crippen molar-refractivity contribution < 1.29 is 28.6 Å². The van der Waals surface area contributed by atoms with Gasteiger partial charge in [0.15, 0.2) is 6.10 Å². The molecule has 0 aliphatic carbocycles. The molecule has 79 heavy (non-hydrogen) atoms. The van der Waals surface area contributed by atoms with Gasteiger partial charge in [-0.3, -0.25) is 14.4 Å². The quantitative estimate of drug-likeness (QED) is 0.0261. The first kappa shape index (κ1) is 75.1. The van der Waals surface area contributed by atoms with Crippen LogP contribution in [0.1, 0.15) is 316 Å². The van der Waals surface area contributed by atoms with Crippen LogP contribution in [0.2, 0.25) is 0 Å². The molecule has 0 radical (unpaired) electrons. The van der Waals surface area contributed by atoms with Gasteiger partial charge in [0, 0.05) is 19.3 Å². The van der Waals surface area contributed by atoms with Crippen LogP contribution in [0, 0.1) is 0 Å². The maximum Gasteiger partial charge on any atom is 0.306 e. The van der Waals surface area contributed by atoms with Crippen LogP contribution in [0.4, 0.5) is 0 Å². The summed E-state index contributed by atoms with van der Waals surface area (Å²) in [6.45, 7) is 6.42. The molecule has 6 nitrogen and oxygen atoms in total. The van der Waals surface area contributed by atoms with Gasteiger partial charge in [-0.25, -0.2) is 0 Å². The number of rotatable bonds is 60. The zero-order valence-corrected chi connectivity index (χ0v) is 51.9. The number of hydrogen-bond donors (Lipinski definition) is 0. The van der Waals surface area contributed by atoms with E-state index in [1.54, 1.807) is 0 Å². The lowest BCUT2D eigenvalue weighted by atomic mass is 10.0. The molecule has 0 saturated carbocycles. The van der Waals surface area contributed by atoms with E-state index in [0.29, 0.717) is 19.3 Å². The summed E-state index contributed by atoms with van der Waals surface area (Å²) in [5.41, 5.74) is 0. The minimum absolute atomic E-state index is 0.0862. The molecule has 0 saturated heterocycles. The van der Waals surface area contributed by atoms with E-state index < -0.39 is 6.10 Å². The monoisotopic (exact) mass is 1100 g/mol. The lowest BCUT2D eigenvalue weighted by Gasteiger charge is -2.18. The second-order valence-corrected chi connectivity index (χ2v) is 22.0. The maximum atomic E-state index is 12.9. The maximum absolute atomic E-state index is 12.9. The molecule has 0 amide bonds. The SMILES string of the molecule is CC/C=C\C/C=C\C/C=C\C/C=C\CCCCCCCCCCCCCCC(=O)OCC(COC(=O)CCCCCCC/C=C\C/C=C\C/C=C\CC)OC(=O)CCCCCCCCCCC/C=C\C/C=C\CCCCCCC. The highest BCUT2D eigenvalue weighted by Crippen LogP contribution is 2.16. The van der Waals surface area contributed by atoms with Gasteiger partial charge in [0.25, 0.3) is 0 Å². The minimum Gasteiger partial charge on any atom is -0.462 e. The van der Waals surface area contributed by atoms with Gasteiger partial charge in [0.2, 0.25) is 0 Å². The summed E-state index contributed by atoms with van der Waals surface area (Å²) in [6, 6.07) is 0. The van der Waals surface area contributed by atoms with Crippen molar-refractivity contribution in [2.45, 2.75) is 322 Å². The van der Waals surface area contributed by atoms with Gasteiger partial charge in [0.1, 0.15) is 13.2 Å². The summed E-state index contributed by atoms with van der Waals surface area (Å²) in [5.74, 6) is -0.899. The Balaban J connectivity index is 4.36. The molecule has 6 heteroatoms. The Bertz CT molecular complexity index is 1590. The first-order valence-corrected chi connectivity index (χ1v) is 33.4. The number of carbonyl (C=O) groups is 3. The topological polar surface area (TPSA) is 78.9 Å². The lowest BCUT2D eigenvalue weighted by Crippen LogP contribution is -2.30. The average Bonchev–Trinajstić information content (AvgIpc) is 3.45. The fourth-order valence-corrected chi connectivity index (χ4v) is 9.30. The summed E-state index contributed by atoms with van der Waals surface area (Å²) in [6.07, 6.45) is 91.0. The Morgan fingerprint density at radius 3 is 0.772 bits per heavy atom. The number of allylic oxidation sites excluding steroid dienone is 18. The van der Waals surface area contributed by atoms with Crippen LogP contribution in [-0.4, -0.2) is 37.2 Å². The van der Waals surface area contributed by atoms with Crippen molar-refractivity contribution >= 4 is 17.9 Å². The Morgan fingerprint density at radius 1 is 0.266 bits per heavy atom. The van der Waals surface area contributed by atoms with E-state index in [4.69, 9.17) is 14.2 Å². The standard InChI is InChI=1S/C73H124O6/c1-4-7-10-13-16-19-22-25-28-30-32-34-35-36-37-39-40-42-45-48-51-54-57-60-63-66-72(75)78-69-70(68-77-71(74)65-62-59-56-53-50-47-44-27-24-21-18-15-12-9-6-3)79-73(76)67-64-61-58-55-52-49-46-43-41-38-33-31-29-26-23-20-17-14-11-8-5-2/h7,9-10,12,16,18-19,21,23,25-28,31-34,44,70H,4-6,8,11,13-15,17,20,22,24,29-30,35-43,45-69H2,1-3H3/b10-7-,12-9-,19-16-,21-18-,26-23-,28-25-,33-31-,34-32-,44-27-. The van der Waals surface area contributed by atoms with Crippen molar-refractivity contribution in [2.24, 2.45) is 0 Å². The molecule has 0 spiro atoms. The minimum atomic E-state index is -0.792. The predicted octanol–water partition coefficient (Wildman–Crippen LogP) is 23.0. The van der Waals surface area contributed by atoms with Crippen molar-refractivity contribution in [1.29, 1.82) is 0 Å². The van der Waals surface area contributed by atoms with Crippen molar-refractivity contribution in [2.75, 3.05) is 13.2 Å². The third-order valence-corrected chi connectivity index (χ3v) is 14.2. The zero-order valence-electron chi connectivity index (χ0n) is 51.9. The molecule has 0 aromatic heterocycles. The van der Waals surface area contributed by atoms with Crippen LogP contribution < -0.4 is 0 Å². The zero-order chi connectivity index (χ0) is 57.1. The van der Waals surface area contributed by atoms with E-state index in [-0.39, 0.29) is 31.1 Å². The van der Waals surface area contributed by atoms with Crippen molar-refractivity contribution in [3.63, 3.8) is 0 Å². The van der Waals surface area contributed by atoms with E-state index in [1.807, 2.05) is 0 Å². The van der Waals surface area contributed by atoms with Crippen LogP contribution in [0.3, 0.4) is 0 Å². The second kappa shape index (κ2) is 66.6. The Hall–Kier alpha value is -3.93. The fourth-order valence-electron chi connectivity index (χ4n) is 9.30. The van der Waals surface area contributed by atoms with Gasteiger partial charge in [-0.2, -0.15) is 0 Å². The van der Waals surface area contributed by atoms with Gasteiger partial charge >= 0.3 is 17.9 Å². The number of hydrogen-bond acceptors (Lipinski definition) is 6. The number of unbranched alkanes of at least 4 members (excludes halogenated alkanes) is 31. The molecule has 0 aliphatic heterocycles. The van der Waals surface area contributed by atoms with E-state index in [2.05, 4.69) is 130 Å². The average molecular weight is 1100 g/mol. The highest BCUT2D eigenvalue weighted by atomic mass is 16.6. The molecule has 0 rings (SSSR count). The molecular formula is C73H124O6. The third-order valence-electron chi connectivity index (χ3n) is 14.2. The summed E-state index contributed by atoms with van der Waals surface area (Å²) in [5, 5.41) is 0. The second-order valence-electron chi connectivity index (χ2n) is 22.0. The number of ether oxygens (including phenoxy) is 3. The molecule has 1 atom stereocenters. The largest absolute Gasteiger partial charge is 0.462 e. The third kappa shape index (κ3) is 64.8. The highest BCUT2D eigenvalue weighted by Gasteiger charge is 2.19. The van der Waals surface area contributed by atoms with E-state index in [0.717, 1.165) is 128 Å². The molecule has 0 fully saturated rings. The Labute approximate surface area is 489 Å². The summed E-state index contributed by atoms with van der Waals surface area (Å²) >= 11 is 0. The summed E-state index contributed by atoms with van der Waals surface area (Å²) in [4.78, 5) is 38.4. The summed E-state index contributed by atoms with van der Waals surface area (Å²) in [7, 11) is 0. The molecule has 0 aromatic carbocycles. The molecular weight excluding hydrogens is 973 g/mol. The first-order valence-electron chi connectivity index (χ1n) is 33.4. The van der Waals surface area contributed by atoms with Crippen molar-refractivity contribution in [3.8, 4) is 0 Å². The van der Waals surface area contributed by atoms with Gasteiger partial charge in [-0.05, 0) is 122 Å². The molecule has 1 unspecified atom stereocenters. The van der Waals surface area contributed by atoms with Gasteiger partial charge in [0.05, 0.1) is 0 Å². The van der Waals surface area contributed by atoms with Crippen LogP contribution in [-0.2, 0) is 28.6 Å². The smallest absolute Gasteiger partial charge is 0.306 e. The van der Waals surface area contributed by atoms with Gasteiger partial charge < -0.3 is 14.2 Å². The van der Waals surface area contributed by atoms with Gasteiger partial charge in [-0.1, -0.05) is 284 Å². The highest BCUT2D eigenvalue weighted by molar-refractivity contribution is 5.71. The van der Waals surface area contributed by atoms with Crippen molar-refractivity contribution in [3.05, 3.63) is 109 Å². The van der Waals surface area contributed by atoms with E-state index in [9.17, 15) is 14.4 Å². The number of esters is 3. The fraction of sp³-hybridized carbons (Fsp3) is 0.712. The first-order chi connectivity index (χ1) is 39.0. The normalized spacial score (nSPS) is 12.8. The molecule has 0 bridgehead atoms. The Kier molecular flexibility index (Phi) is 63.3. The van der Waals surface area contributed by atoms with Gasteiger partial charge in [-0.15, -0.1) is 0 Å². The molecule has 452 valence electrons. The van der Waals surface area contributed by atoms with E-state index in [1.165, 1.54) is 148 Å². The Morgan fingerprint density at radius 2 is 0.494 bits per heavy atom.